The van der Waals surface area contributed by atoms with E-state index in [4.69, 9.17) is 4.74 Å². The number of nitrogens with zero attached hydrogens (tertiary/aromatic N) is 1. The first-order valence-electron chi connectivity index (χ1n) is 6.69. The Labute approximate surface area is 120 Å². The van der Waals surface area contributed by atoms with Crippen molar-refractivity contribution in [3.63, 3.8) is 0 Å². The van der Waals surface area contributed by atoms with Crippen molar-refractivity contribution >= 4 is 21.6 Å². The van der Waals surface area contributed by atoms with E-state index in [9.17, 15) is 8.42 Å². The molecule has 0 saturated carbocycles. The summed E-state index contributed by atoms with van der Waals surface area (Å²) in [5.74, 6) is 0. The summed E-state index contributed by atoms with van der Waals surface area (Å²) in [7, 11) is -3.52. The van der Waals surface area contributed by atoms with Crippen molar-refractivity contribution in [1.29, 1.82) is 0 Å². The molecule has 0 radical (unpaired) electrons. The van der Waals surface area contributed by atoms with Gasteiger partial charge in [0.25, 0.3) is 10.2 Å². The molecule has 1 aromatic carbocycles. The summed E-state index contributed by atoms with van der Waals surface area (Å²) >= 11 is 0. The van der Waals surface area contributed by atoms with Gasteiger partial charge in [0.05, 0.1) is 18.9 Å². The Morgan fingerprint density at radius 3 is 2.60 bits per heavy atom. The fourth-order valence-corrected chi connectivity index (χ4v) is 3.20. The number of rotatable bonds is 5. The first-order valence-corrected chi connectivity index (χ1v) is 8.17. The van der Waals surface area contributed by atoms with Crippen molar-refractivity contribution < 1.29 is 13.2 Å². The van der Waals surface area contributed by atoms with Crippen molar-refractivity contribution in [2.45, 2.75) is 19.9 Å². The summed E-state index contributed by atoms with van der Waals surface area (Å²) in [4.78, 5) is 2.18. The van der Waals surface area contributed by atoms with Crippen LogP contribution in [0.4, 0.5) is 11.4 Å². The van der Waals surface area contributed by atoms with Gasteiger partial charge in [-0.15, -0.1) is 0 Å². The van der Waals surface area contributed by atoms with Gasteiger partial charge >= 0.3 is 0 Å². The van der Waals surface area contributed by atoms with Gasteiger partial charge in [-0.05, 0) is 32.0 Å². The van der Waals surface area contributed by atoms with Crippen LogP contribution in [0.1, 0.15) is 13.8 Å². The standard InChI is InChI=1S/C13H21N3O3S/c1-11(2)14-20(17,18)15-12-4-3-5-13(10-12)16-6-8-19-9-7-16/h3-5,10-11,14-15H,6-9H2,1-2H3. The predicted octanol–water partition coefficient (Wildman–Crippen LogP) is 1.18. The van der Waals surface area contributed by atoms with E-state index in [0.717, 1.165) is 18.8 Å². The number of anilines is 2. The molecule has 1 heterocycles. The van der Waals surface area contributed by atoms with Gasteiger partial charge in [0.15, 0.2) is 0 Å². The molecule has 0 bridgehead atoms. The van der Waals surface area contributed by atoms with Crippen LogP contribution in [0.3, 0.4) is 0 Å². The Hall–Kier alpha value is -1.31. The number of morpholine rings is 1. The molecular weight excluding hydrogens is 278 g/mol. The summed E-state index contributed by atoms with van der Waals surface area (Å²) < 4.78 is 34.0. The van der Waals surface area contributed by atoms with Crippen molar-refractivity contribution in [2.75, 3.05) is 35.9 Å². The third kappa shape index (κ3) is 4.36. The van der Waals surface area contributed by atoms with Crippen LogP contribution in [-0.2, 0) is 14.9 Å². The number of hydrogen-bond donors (Lipinski definition) is 2. The molecule has 1 aromatic rings. The third-order valence-electron chi connectivity index (χ3n) is 2.87. The molecule has 0 atom stereocenters. The van der Waals surface area contributed by atoms with E-state index in [1.54, 1.807) is 19.9 Å². The van der Waals surface area contributed by atoms with Gasteiger partial charge in [-0.3, -0.25) is 4.72 Å². The second-order valence-corrected chi connectivity index (χ2v) is 6.47. The molecule has 2 N–H and O–H groups in total. The van der Waals surface area contributed by atoms with E-state index in [2.05, 4.69) is 14.3 Å². The topological polar surface area (TPSA) is 70.7 Å². The predicted molar refractivity (Wildman–Crippen MR) is 80.3 cm³/mol. The van der Waals surface area contributed by atoms with Gasteiger partial charge in [-0.1, -0.05) is 6.07 Å². The molecule has 7 heteroatoms. The summed E-state index contributed by atoms with van der Waals surface area (Å²) in [5, 5.41) is 0. The second-order valence-electron chi connectivity index (χ2n) is 5.03. The first-order chi connectivity index (χ1) is 9.46. The SMILES string of the molecule is CC(C)NS(=O)(=O)Nc1cccc(N2CCOCC2)c1. The minimum absolute atomic E-state index is 0.144. The Morgan fingerprint density at radius 1 is 1.25 bits per heavy atom. The van der Waals surface area contributed by atoms with Crippen LogP contribution >= 0.6 is 0 Å². The van der Waals surface area contributed by atoms with Crippen molar-refractivity contribution in [3.05, 3.63) is 24.3 Å². The third-order valence-corrected chi connectivity index (χ3v) is 4.15. The Kier molecular flexibility index (Phi) is 4.85. The average Bonchev–Trinajstić information content (AvgIpc) is 2.38. The Bertz CT molecular complexity index is 540. The monoisotopic (exact) mass is 299 g/mol. The number of ether oxygens (including phenoxy) is 1. The highest BCUT2D eigenvalue weighted by atomic mass is 32.2. The van der Waals surface area contributed by atoms with Gasteiger partial charge in [-0.25, -0.2) is 0 Å². The van der Waals surface area contributed by atoms with E-state index in [1.807, 2.05) is 18.2 Å². The van der Waals surface area contributed by atoms with Crippen LogP contribution < -0.4 is 14.3 Å². The lowest BCUT2D eigenvalue weighted by Crippen LogP contribution is -2.36. The number of nitrogens with one attached hydrogen (secondary N) is 2. The molecule has 2 rings (SSSR count). The van der Waals surface area contributed by atoms with Crippen molar-refractivity contribution in [1.82, 2.24) is 4.72 Å². The van der Waals surface area contributed by atoms with Crippen molar-refractivity contribution in [2.24, 2.45) is 0 Å². The van der Waals surface area contributed by atoms with Gasteiger partial charge in [0.1, 0.15) is 0 Å². The van der Waals surface area contributed by atoms with E-state index in [-0.39, 0.29) is 6.04 Å². The Morgan fingerprint density at radius 2 is 1.95 bits per heavy atom. The molecule has 0 aromatic heterocycles. The summed E-state index contributed by atoms with van der Waals surface area (Å²) in [6.07, 6.45) is 0. The zero-order valence-electron chi connectivity index (χ0n) is 11.8. The van der Waals surface area contributed by atoms with Crippen molar-refractivity contribution in [3.8, 4) is 0 Å². The largest absolute Gasteiger partial charge is 0.378 e. The van der Waals surface area contributed by atoms with E-state index < -0.39 is 10.2 Å². The van der Waals surface area contributed by atoms with Crippen LogP contribution in [0, 0.1) is 0 Å². The quantitative estimate of drug-likeness (QED) is 0.856. The molecule has 0 unspecified atom stereocenters. The molecule has 1 aliphatic heterocycles. The maximum Gasteiger partial charge on any atom is 0.299 e. The number of hydrogen-bond acceptors (Lipinski definition) is 4. The lowest BCUT2D eigenvalue weighted by atomic mass is 10.2. The number of benzene rings is 1. The zero-order chi connectivity index (χ0) is 14.6. The van der Waals surface area contributed by atoms with Gasteiger partial charge in [0, 0.05) is 24.8 Å². The lowest BCUT2D eigenvalue weighted by molar-refractivity contribution is 0.122. The zero-order valence-corrected chi connectivity index (χ0v) is 12.6. The van der Waals surface area contributed by atoms with Gasteiger partial charge in [-0.2, -0.15) is 13.1 Å². The molecule has 6 nitrogen and oxygen atoms in total. The fraction of sp³-hybridized carbons (Fsp3) is 0.538. The fourth-order valence-electron chi connectivity index (χ4n) is 2.08. The highest BCUT2D eigenvalue weighted by molar-refractivity contribution is 7.90. The molecule has 0 amide bonds. The normalized spacial score (nSPS) is 16.4. The van der Waals surface area contributed by atoms with Gasteiger partial charge < -0.3 is 9.64 Å². The van der Waals surface area contributed by atoms with E-state index in [1.165, 1.54) is 0 Å². The van der Waals surface area contributed by atoms with Crippen LogP contribution in [0.5, 0.6) is 0 Å². The van der Waals surface area contributed by atoms with E-state index in [0.29, 0.717) is 18.9 Å². The molecule has 1 saturated heterocycles. The second kappa shape index (κ2) is 6.43. The van der Waals surface area contributed by atoms with Crippen LogP contribution in [0.15, 0.2) is 24.3 Å². The maximum absolute atomic E-state index is 11.8. The average molecular weight is 299 g/mol. The van der Waals surface area contributed by atoms with E-state index >= 15 is 0 Å². The highest BCUT2D eigenvalue weighted by Gasteiger charge is 2.14. The molecule has 20 heavy (non-hydrogen) atoms. The molecule has 112 valence electrons. The smallest absolute Gasteiger partial charge is 0.299 e. The molecular formula is C13H21N3O3S. The Balaban J connectivity index is 2.09. The molecule has 1 aliphatic rings. The maximum atomic E-state index is 11.8. The summed E-state index contributed by atoms with van der Waals surface area (Å²) in [6, 6.07) is 7.25. The van der Waals surface area contributed by atoms with Crippen LogP contribution in [0.25, 0.3) is 0 Å². The van der Waals surface area contributed by atoms with Crippen LogP contribution in [-0.4, -0.2) is 40.8 Å². The molecule has 1 fully saturated rings. The summed E-state index contributed by atoms with van der Waals surface area (Å²) in [6.45, 7) is 6.60. The highest BCUT2D eigenvalue weighted by Crippen LogP contribution is 2.21. The summed E-state index contributed by atoms with van der Waals surface area (Å²) in [5.41, 5.74) is 1.56. The minimum atomic E-state index is -3.52. The van der Waals surface area contributed by atoms with Crippen LogP contribution in [0.2, 0.25) is 0 Å². The minimum Gasteiger partial charge on any atom is -0.378 e. The lowest BCUT2D eigenvalue weighted by Gasteiger charge is -2.29. The first kappa shape index (κ1) is 15.1. The molecule has 0 spiro atoms. The van der Waals surface area contributed by atoms with Gasteiger partial charge in [0.2, 0.25) is 0 Å². The molecule has 0 aliphatic carbocycles.